The van der Waals surface area contributed by atoms with Crippen LogP contribution in [0.1, 0.15) is 12.0 Å². The number of benzene rings is 2. The number of aliphatic hydroxyl groups excluding tert-OH is 1. The molecule has 0 heterocycles. The van der Waals surface area contributed by atoms with Gasteiger partial charge in [0.15, 0.2) is 0 Å². The molecule has 0 aliphatic rings. The number of aliphatic hydroxyl groups is 1. The molecule has 2 aromatic rings. The molecule has 7 heteroatoms. The van der Waals surface area contributed by atoms with Gasteiger partial charge in [0.05, 0.1) is 26.4 Å². The van der Waals surface area contributed by atoms with Gasteiger partial charge in [-0.15, -0.1) is 0 Å². The molecule has 1 N–H and O–H groups in total. The lowest BCUT2D eigenvalue weighted by Crippen LogP contribution is -2.05. The molecule has 0 radical (unpaired) electrons. The fraction of sp³-hybridized carbons (Fsp3) is 0.250. The van der Waals surface area contributed by atoms with E-state index in [-0.39, 0.29) is 38.8 Å². The van der Waals surface area contributed by atoms with Gasteiger partial charge in [-0.05, 0) is 25.1 Å². The molecule has 0 saturated heterocycles. The van der Waals surface area contributed by atoms with Crippen molar-refractivity contribution in [1.82, 2.24) is 0 Å². The molecule has 2 rings (SSSR count). The van der Waals surface area contributed by atoms with E-state index >= 15 is 0 Å². The van der Waals surface area contributed by atoms with Crippen molar-refractivity contribution in [2.45, 2.75) is 23.1 Å². The minimum Gasteiger partial charge on any atom is -0.492 e. The molecule has 0 aromatic heterocycles. The summed E-state index contributed by atoms with van der Waals surface area (Å²) in [5, 5.41) is 8.93. The topological polar surface area (TPSA) is 63.6 Å². The Morgan fingerprint density at radius 1 is 1.09 bits per heavy atom. The summed E-state index contributed by atoms with van der Waals surface area (Å²) in [7, 11) is -3.76. The first kappa shape index (κ1) is 18.1. The lowest BCUT2D eigenvalue weighted by Gasteiger charge is -2.12. The minimum absolute atomic E-state index is 0.00869. The maximum Gasteiger partial charge on any atom is 0.208 e. The van der Waals surface area contributed by atoms with Gasteiger partial charge in [-0.25, -0.2) is 8.42 Å². The van der Waals surface area contributed by atoms with E-state index in [4.69, 9.17) is 33.0 Å². The monoisotopic (exact) mass is 374 g/mol. The highest BCUT2D eigenvalue weighted by Gasteiger charge is 2.23. The average Bonchev–Trinajstić information content (AvgIpc) is 2.51. The van der Waals surface area contributed by atoms with Crippen molar-refractivity contribution in [1.29, 1.82) is 0 Å². The third kappa shape index (κ3) is 4.18. The number of halogens is 2. The standard InChI is InChI=1S/C16H16Cl2O4S/c1-11-3-5-12(6-4-11)23(20,21)16-10-13(17)15(9-14(16)18)22-8-2-7-19/h3-6,9-10,19H,2,7-8H2,1H3. The Labute approximate surface area is 145 Å². The fourth-order valence-electron chi connectivity index (χ4n) is 1.92. The molecule has 4 nitrogen and oxygen atoms in total. The summed E-state index contributed by atoms with van der Waals surface area (Å²) in [5.41, 5.74) is 0.959. The number of hydrogen-bond acceptors (Lipinski definition) is 4. The van der Waals surface area contributed by atoms with Crippen LogP contribution in [0.5, 0.6) is 5.75 Å². The number of hydrogen-bond donors (Lipinski definition) is 1. The zero-order valence-electron chi connectivity index (χ0n) is 12.4. The van der Waals surface area contributed by atoms with Crippen LogP contribution in [-0.4, -0.2) is 26.7 Å². The SMILES string of the molecule is Cc1ccc(S(=O)(=O)c2cc(Cl)c(OCCCO)cc2Cl)cc1. The summed E-state index contributed by atoms with van der Waals surface area (Å²) in [6, 6.07) is 9.15. The average molecular weight is 375 g/mol. The lowest BCUT2D eigenvalue weighted by molar-refractivity contribution is 0.233. The van der Waals surface area contributed by atoms with Crippen LogP contribution in [0, 0.1) is 6.92 Å². The van der Waals surface area contributed by atoms with E-state index in [0.717, 1.165) is 5.56 Å². The van der Waals surface area contributed by atoms with Crippen LogP contribution in [0.2, 0.25) is 10.0 Å². The molecule has 0 aliphatic carbocycles. The summed E-state index contributed by atoms with van der Waals surface area (Å²) >= 11 is 12.2. The summed E-state index contributed by atoms with van der Waals surface area (Å²) in [6.45, 7) is 2.13. The highest BCUT2D eigenvalue weighted by molar-refractivity contribution is 7.91. The quantitative estimate of drug-likeness (QED) is 0.778. The molecule has 23 heavy (non-hydrogen) atoms. The summed E-state index contributed by atoms with van der Waals surface area (Å²) in [6.07, 6.45) is 0.442. The molecule has 0 saturated carbocycles. The highest BCUT2D eigenvalue weighted by atomic mass is 35.5. The van der Waals surface area contributed by atoms with Crippen molar-refractivity contribution in [2.24, 2.45) is 0 Å². The van der Waals surface area contributed by atoms with Crippen LogP contribution in [0.25, 0.3) is 0 Å². The van der Waals surface area contributed by atoms with Gasteiger partial charge < -0.3 is 9.84 Å². The molecular formula is C16H16Cl2O4S. The highest BCUT2D eigenvalue weighted by Crippen LogP contribution is 2.36. The zero-order chi connectivity index (χ0) is 17.0. The van der Waals surface area contributed by atoms with Crippen LogP contribution in [-0.2, 0) is 9.84 Å². The Hall–Kier alpha value is -1.27. The normalized spacial score (nSPS) is 11.5. The molecule has 0 bridgehead atoms. The summed E-state index contributed by atoms with van der Waals surface area (Å²) in [5.74, 6) is 0.285. The third-order valence-corrected chi connectivity index (χ3v) is 5.70. The molecule has 0 amide bonds. The Morgan fingerprint density at radius 3 is 2.35 bits per heavy atom. The van der Waals surface area contributed by atoms with Crippen LogP contribution in [0.15, 0.2) is 46.2 Å². The van der Waals surface area contributed by atoms with E-state index in [0.29, 0.717) is 6.42 Å². The number of aryl methyl sites for hydroxylation is 1. The van der Waals surface area contributed by atoms with Gasteiger partial charge in [-0.1, -0.05) is 40.9 Å². The van der Waals surface area contributed by atoms with Crippen molar-refractivity contribution in [2.75, 3.05) is 13.2 Å². The zero-order valence-corrected chi connectivity index (χ0v) is 14.7. The molecule has 0 spiro atoms. The first-order valence-corrected chi connectivity index (χ1v) is 9.14. The number of rotatable bonds is 6. The smallest absolute Gasteiger partial charge is 0.208 e. The second-order valence-electron chi connectivity index (χ2n) is 4.96. The van der Waals surface area contributed by atoms with Crippen LogP contribution >= 0.6 is 23.2 Å². The van der Waals surface area contributed by atoms with Crippen LogP contribution in [0.4, 0.5) is 0 Å². The van der Waals surface area contributed by atoms with E-state index in [1.54, 1.807) is 12.1 Å². The maximum atomic E-state index is 12.7. The van der Waals surface area contributed by atoms with Crippen molar-refractivity contribution >= 4 is 33.0 Å². The van der Waals surface area contributed by atoms with Gasteiger partial charge in [0.2, 0.25) is 9.84 Å². The molecule has 0 fully saturated rings. The molecule has 0 atom stereocenters. The second-order valence-corrected chi connectivity index (χ2v) is 7.69. The van der Waals surface area contributed by atoms with Crippen molar-refractivity contribution in [3.63, 3.8) is 0 Å². The maximum absolute atomic E-state index is 12.7. The predicted octanol–water partition coefficient (Wildman–Crippen LogP) is 3.90. The first-order chi connectivity index (χ1) is 10.9. The van der Waals surface area contributed by atoms with E-state index in [1.165, 1.54) is 24.3 Å². The lowest BCUT2D eigenvalue weighted by atomic mass is 10.2. The Bertz CT molecular complexity index is 786. The van der Waals surface area contributed by atoms with Gasteiger partial charge in [-0.3, -0.25) is 0 Å². The minimum atomic E-state index is -3.76. The Morgan fingerprint density at radius 2 is 1.74 bits per heavy atom. The predicted molar refractivity (Wildman–Crippen MR) is 90.3 cm³/mol. The first-order valence-electron chi connectivity index (χ1n) is 6.90. The van der Waals surface area contributed by atoms with Crippen molar-refractivity contribution < 1.29 is 18.3 Å². The molecular weight excluding hydrogens is 359 g/mol. The number of ether oxygens (including phenoxy) is 1. The van der Waals surface area contributed by atoms with E-state index in [2.05, 4.69) is 0 Å². The van der Waals surface area contributed by atoms with Gasteiger partial charge in [0, 0.05) is 19.1 Å². The van der Waals surface area contributed by atoms with Crippen molar-refractivity contribution in [3.05, 3.63) is 52.0 Å². The fourth-order valence-corrected chi connectivity index (χ4v) is 4.00. The van der Waals surface area contributed by atoms with E-state index in [1.807, 2.05) is 6.92 Å². The van der Waals surface area contributed by atoms with Crippen molar-refractivity contribution in [3.8, 4) is 5.75 Å². The molecule has 2 aromatic carbocycles. The van der Waals surface area contributed by atoms with Gasteiger partial charge >= 0.3 is 0 Å². The molecule has 0 unspecified atom stereocenters. The summed E-state index contributed by atoms with van der Waals surface area (Å²) in [4.78, 5) is 0.0811. The number of sulfone groups is 1. The van der Waals surface area contributed by atoms with Gasteiger partial charge in [0.1, 0.15) is 5.75 Å². The van der Waals surface area contributed by atoms with Gasteiger partial charge in [-0.2, -0.15) is 0 Å². The van der Waals surface area contributed by atoms with Crippen LogP contribution in [0.3, 0.4) is 0 Å². The molecule has 0 aliphatic heterocycles. The van der Waals surface area contributed by atoms with Gasteiger partial charge in [0.25, 0.3) is 0 Å². The Kier molecular flexibility index (Phi) is 5.92. The van der Waals surface area contributed by atoms with E-state index < -0.39 is 9.84 Å². The van der Waals surface area contributed by atoms with Crippen LogP contribution < -0.4 is 4.74 Å². The molecule has 124 valence electrons. The second kappa shape index (κ2) is 7.53. The summed E-state index contributed by atoms with van der Waals surface area (Å²) < 4.78 is 30.7. The Balaban J connectivity index is 2.39. The third-order valence-electron chi connectivity index (χ3n) is 3.17. The van der Waals surface area contributed by atoms with E-state index in [9.17, 15) is 8.42 Å². The largest absolute Gasteiger partial charge is 0.492 e.